The summed E-state index contributed by atoms with van der Waals surface area (Å²) in [6, 6.07) is 0.430. The molecule has 0 spiro atoms. The van der Waals surface area contributed by atoms with Gasteiger partial charge in [-0.15, -0.1) is 0 Å². The molecule has 2 rings (SSSR count). The molecule has 5 heteroatoms. The van der Waals surface area contributed by atoms with E-state index in [1.165, 1.54) is 0 Å². The average Bonchev–Trinajstić information content (AvgIpc) is 3.15. The number of hydrogen-bond acceptors (Lipinski definition) is 4. The SMILES string of the molecule is COCCN(C1CC1)C1(C(=O)O)CCOCC1. The minimum absolute atomic E-state index is 0.430. The summed E-state index contributed by atoms with van der Waals surface area (Å²) in [7, 11) is 1.66. The van der Waals surface area contributed by atoms with E-state index in [1.54, 1.807) is 7.11 Å². The smallest absolute Gasteiger partial charge is 0.324 e. The highest BCUT2D eigenvalue weighted by Crippen LogP contribution is 2.38. The second-order valence-electron chi connectivity index (χ2n) is 4.87. The van der Waals surface area contributed by atoms with E-state index in [9.17, 15) is 9.90 Å². The van der Waals surface area contributed by atoms with Gasteiger partial charge in [0.15, 0.2) is 0 Å². The van der Waals surface area contributed by atoms with Crippen LogP contribution in [0.15, 0.2) is 0 Å². The van der Waals surface area contributed by atoms with Gasteiger partial charge in [-0.25, -0.2) is 0 Å². The van der Waals surface area contributed by atoms with Crippen molar-refractivity contribution >= 4 is 5.97 Å². The summed E-state index contributed by atoms with van der Waals surface area (Å²) < 4.78 is 10.4. The Labute approximate surface area is 102 Å². The van der Waals surface area contributed by atoms with E-state index in [2.05, 4.69) is 4.90 Å². The van der Waals surface area contributed by atoms with Crippen LogP contribution in [0.4, 0.5) is 0 Å². The number of carboxylic acid groups (broad SMARTS) is 1. The Hall–Kier alpha value is -0.650. The van der Waals surface area contributed by atoms with Crippen LogP contribution in [-0.2, 0) is 14.3 Å². The van der Waals surface area contributed by atoms with Crippen LogP contribution >= 0.6 is 0 Å². The number of carbonyl (C=O) groups is 1. The Bertz CT molecular complexity index is 272. The van der Waals surface area contributed by atoms with E-state index in [0.717, 1.165) is 12.8 Å². The summed E-state index contributed by atoms with van der Waals surface area (Å²) in [5.41, 5.74) is -0.724. The molecule has 0 bridgehead atoms. The van der Waals surface area contributed by atoms with E-state index in [4.69, 9.17) is 9.47 Å². The molecule has 2 aliphatic rings. The van der Waals surface area contributed by atoms with E-state index in [-0.39, 0.29) is 0 Å². The van der Waals surface area contributed by atoms with Crippen molar-refractivity contribution in [3.05, 3.63) is 0 Å². The molecule has 0 radical (unpaired) electrons. The summed E-state index contributed by atoms with van der Waals surface area (Å²) in [5.74, 6) is -0.705. The molecule has 0 aromatic rings. The second-order valence-corrected chi connectivity index (χ2v) is 4.87. The van der Waals surface area contributed by atoms with Crippen LogP contribution in [0.3, 0.4) is 0 Å². The number of methoxy groups -OCH3 is 1. The van der Waals surface area contributed by atoms with E-state index < -0.39 is 11.5 Å². The number of carboxylic acids is 1. The molecule has 1 aliphatic heterocycles. The number of hydrogen-bond donors (Lipinski definition) is 1. The van der Waals surface area contributed by atoms with Crippen molar-refractivity contribution in [1.29, 1.82) is 0 Å². The molecular formula is C12H21NO4. The first-order valence-corrected chi connectivity index (χ1v) is 6.27. The zero-order valence-corrected chi connectivity index (χ0v) is 10.4. The highest BCUT2D eigenvalue weighted by atomic mass is 16.5. The van der Waals surface area contributed by atoms with E-state index in [0.29, 0.717) is 45.2 Å². The zero-order valence-electron chi connectivity index (χ0n) is 10.4. The van der Waals surface area contributed by atoms with Crippen molar-refractivity contribution in [2.75, 3.05) is 33.5 Å². The molecule has 1 aliphatic carbocycles. The lowest BCUT2D eigenvalue weighted by atomic mass is 9.87. The Morgan fingerprint density at radius 3 is 2.59 bits per heavy atom. The average molecular weight is 243 g/mol. The van der Waals surface area contributed by atoms with Crippen LogP contribution in [0, 0.1) is 0 Å². The van der Waals surface area contributed by atoms with Crippen LogP contribution in [0.5, 0.6) is 0 Å². The minimum atomic E-state index is -0.724. The van der Waals surface area contributed by atoms with Crippen molar-refractivity contribution < 1.29 is 19.4 Å². The van der Waals surface area contributed by atoms with Gasteiger partial charge in [-0.3, -0.25) is 9.69 Å². The van der Waals surface area contributed by atoms with Gasteiger partial charge in [-0.05, 0) is 25.7 Å². The molecule has 0 aromatic heterocycles. The molecular weight excluding hydrogens is 222 g/mol. The van der Waals surface area contributed by atoms with Gasteiger partial charge in [0.2, 0.25) is 0 Å². The number of ether oxygens (including phenoxy) is 2. The third-order valence-corrected chi connectivity index (χ3v) is 3.79. The summed E-state index contributed by atoms with van der Waals surface area (Å²) in [4.78, 5) is 13.8. The first kappa shape index (κ1) is 12.8. The van der Waals surface area contributed by atoms with Gasteiger partial charge in [-0.2, -0.15) is 0 Å². The largest absolute Gasteiger partial charge is 0.480 e. The van der Waals surface area contributed by atoms with Crippen LogP contribution < -0.4 is 0 Å². The van der Waals surface area contributed by atoms with Gasteiger partial charge in [0, 0.05) is 32.9 Å². The molecule has 1 saturated heterocycles. The molecule has 2 fully saturated rings. The predicted octanol–water partition coefficient (Wildman–Crippen LogP) is 0.731. The fourth-order valence-electron chi connectivity index (χ4n) is 2.65. The van der Waals surface area contributed by atoms with Crippen molar-refractivity contribution in [3.63, 3.8) is 0 Å². The van der Waals surface area contributed by atoms with Crippen molar-refractivity contribution in [3.8, 4) is 0 Å². The Kier molecular flexibility index (Phi) is 4.01. The standard InChI is InChI=1S/C12H21NO4/c1-16-9-6-13(10-2-3-10)12(11(14)15)4-7-17-8-5-12/h10H,2-9H2,1H3,(H,14,15). The first-order chi connectivity index (χ1) is 8.20. The maximum Gasteiger partial charge on any atom is 0.324 e. The van der Waals surface area contributed by atoms with E-state index in [1.807, 2.05) is 0 Å². The molecule has 1 heterocycles. The van der Waals surface area contributed by atoms with E-state index >= 15 is 0 Å². The maximum atomic E-state index is 11.7. The highest BCUT2D eigenvalue weighted by molar-refractivity contribution is 5.79. The third kappa shape index (κ3) is 2.61. The van der Waals surface area contributed by atoms with Crippen LogP contribution in [0.25, 0.3) is 0 Å². The highest BCUT2D eigenvalue weighted by Gasteiger charge is 2.50. The lowest BCUT2D eigenvalue weighted by Crippen LogP contribution is -2.59. The molecule has 17 heavy (non-hydrogen) atoms. The quantitative estimate of drug-likeness (QED) is 0.745. The van der Waals surface area contributed by atoms with Gasteiger partial charge in [0.05, 0.1) is 6.61 Å². The summed E-state index contributed by atoms with van der Waals surface area (Å²) >= 11 is 0. The fourth-order valence-corrected chi connectivity index (χ4v) is 2.65. The Morgan fingerprint density at radius 1 is 1.47 bits per heavy atom. The van der Waals surface area contributed by atoms with Crippen LogP contribution in [0.1, 0.15) is 25.7 Å². The molecule has 1 saturated carbocycles. The Balaban J connectivity index is 2.12. The van der Waals surface area contributed by atoms with Crippen molar-refractivity contribution in [2.45, 2.75) is 37.3 Å². The molecule has 0 aromatic carbocycles. The molecule has 0 amide bonds. The topological polar surface area (TPSA) is 59.0 Å². The Morgan fingerprint density at radius 2 is 2.12 bits per heavy atom. The monoisotopic (exact) mass is 243 g/mol. The van der Waals surface area contributed by atoms with Crippen LogP contribution in [-0.4, -0.2) is 61.0 Å². The third-order valence-electron chi connectivity index (χ3n) is 3.79. The molecule has 5 nitrogen and oxygen atoms in total. The number of aliphatic carboxylic acids is 1. The lowest BCUT2D eigenvalue weighted by molar-refractivity contribution is -0.160. The van der Waals surface area contributed by atoms with Gasteiger partial charge >= 0.3 is 5.97 Å². The molecule has 0 unspecified atom stereocenters. The normalized spacial score (nSPS) is 23.9. The molecule has 1 N–H and O–H groups in total. The first-order valence-electron chi connectivity index (χ1n) is 6.27. The predicted molar refractivity (Wildman–Crippen MR) is 62.0 cm³/mol. The van der Waals surface area contributed by atoms with Gasteiger partial charge in [-0.1, -0.05) is 0 Å². The molecule has 0 atom stereocenters. The van der Waals surface area contributed by atoms with Crippen molar-refractivity contribution in [1.82, 2.24) is 4.90 Å². The number of rotatable bonds is 6. The van der Waals surface area contributed by atoms with Gasteiger partial charge in [0.1, 0.15) is 5.54 Å². The summed E-state index contributed by atoms with van der Waals surface area (Å²) in [5, 5.41) is 9.60. The van der Waals surface area contributed by atoms with Crippen molar-refractivity contribution in [2.24, 2.45) is 0 Å². The van der Waals surface area contributed by atoms with Gasteiger partial charge < -0.3 is 14.6 Å². The molecule has 98 valence electrons. The lowest BCUT2D eigenvalue weighted by Gasteiger charge is -2.43. The number of nitrogens with zero attached hydrogens (tertiary/aromatic N) is 1. The second kappa shape index (κ2) is 5.33. The summed E-state index contributed by atoms with van der Waals surface area (Å²) in [6.45, 7) is 2.38. The maximum absolute atomic E-state index is 11.7. The minimum Gasteiger partial charge on any atom is -0.480 e. The van der Waals surface area contributed by atoms with Gasteiger partial charge in [0.25, 0.3) is 0 Å². The zero-order chi connectivity index (χ0) is 12.3. The fraction of sp³-hybridized carbons (Fsp3) is 0.917. The van der Waals surface area contributed by atoms with Crippen LogP contribution in [0.2, 0.25) is 0 Å². The summed E-state index contributed by atoms with van der Waals surface area (Å²) in [6.07, 6.45) is 3.39.